The second kappa shape index (κ2) is 14.4. The van der Waals surface area contributed by atoms with Crippen molar-refractivity contribution in [3.8, 4) is 17.6 Å². The van der Waals surface area contributed by atoms with Crippen molar-refractivity contribution in [2.75, 3.05) is 13.2 Å². The topological polar surface area (TPSA) is 134 Å². The molecule has 1 heterocycles. The molecule has 214 valence electrons. The number of rotatable bonds is 11. The lowest BCUT2D eigenvalue weighted by molar-refractivity contribution is -0.139. The Labute approximate surface area is 249 Å². The number of carbonyl (C=O) groups is 2. The Morgan fingerprint density at radius 1 is 1.05 bits per heavy atom. The smallest absolute Gasteiger partial charge is 0.338 e. The van der Waals surface area contributed by atoms with Crippen molar-refractivity contribution in [2.45, 2.75) is 26.5 Å². The van der Waals surface area contributed by atoms with Gasteiger partial charge in [-0.05, 0) is 50.3 Å². The first-order chi connectivity index (χ1) is 20.4. The van der Waals surface area contributed by atoms with E-state index in [4.69, 9.17) is 26.4 Å². The Bertz CT molecular complexity index is 1580. The summed E-state index contributed by atoms with van der Waals surface area (Å²) < 4.78 is 17.0. The van der Waals surface area contributed by atoms with E-state index in [1.165, 1.54) is 6.21 Å². The minimum atomic E-state index is -0.633. The van der Waals surface area contributed by atoms with Crippen LogP contribution in [0.5, 0.6) is 11.5 Å². The standard InChI is InChI=1S/C31H29N5O5S/c1-3-39-30(38)28-20(2)34-31(42)35-29(28)24-13-7-9-15-26(24)41-19-27(37)36-33-17-22-11-6-8-14-25(22)40-18-23-12-5-4-10-21(23)16-32/h4-15,17,29H,3,18-19H2,1-2H3,(H,36,37)(H2,34,35,42)/t29-/m1/s1. The molecule has 0 aromatic heterocycles. The number of ether oxygens (including phenoxy) is 3. The highest BCUT2D eigenvalue weighted by molar-refractivity contribution is 7.80. The maximum Gasteiger partial charge on any atom is 0.338 e. The van der Waals surface area contributed by atoms with E-state index in [-0.39, 0.29) is 19.8 Å². The number of allylic oxidation sites excluding steroid dienone is 1. The van der Waals surface area contributed by atoms with Gasteiger partial charge in [0.15, 0.2) is 11.7 Å². The van der Waals surface area contributed by atoms with E-state index in [1.54, 1.807) is 62.4 Å². The number of hydrogen-bond donors (Lipinski definition) is 3. The molecule has 1 aliphatic heterocycles. The van der Waals surface area contributed by atoms with Crippen molar-refractivity contribution in [2.24, 2.45) is 5.10 Å². The van der Waals surface area contributed by atoms with Crippen LogP contribution < -0.4 is 25.5 Å². The van der Waals surface area contributed by atoms with Crippen LogP contribution in [0.2, 0.25) is 0 Å². The molecule has 4 rings (SSSR count). The summed E-state index contributed by atoms with van der Waals surface area (Å²) >= 11 is 5.31. The van der Waals surface area contributed by atoms with Crippen LogP contribution >= 0.6 is 12.2 Å². The summed E-state index contributed by atoms with van der Waals surface area (Å²) in [5, 5.41) is 19.8. The molecule has 0 saturated heterocycles. The number of hydrazone groups is 1. The van der Waals surface area contributed by atoms with E-state index < -0.39 is 17.9 Å². The molecule has 11 heteroatoms. The van der Waals surface area contributed by atoms with Gasteiger partial charge < -0.3 is 24.8 Å². The van der Waals surface area contributed by atoms with E-state index in [0.29, 0.717) is 44.6 Å². The van der Waals surface area contributed by atoms with E-state index in [9.17, 15) is 14.9 Å². The predicted molar refractivity (Wildman–Crippen MR) is 161 cm³/mol. The average molecular weight is 584 g/mol. The van der Waals surface area contributed by atoms with E-state index in [1.807, 2.05) is 24.3 Å². The number of esters is 1. The SMILES string of the molecule is CCOC(=O)C1=C(C)NC(=S)N[C@@H]1c1ccccc1OCC(=O)NN=Cc1ccccc1OCc1ccccc1C#N. The lowest BCUT2D eigenvalue weighted by Gasteiger charge is -2.30. The van der Waals surface area contributed by atoms with Gasteiger partial charge in [0.2, 0.25) is 0 Å². The molecular weight excluding hydrogens is 554 g/mol. The molecule has 1 atom stereocenters. The van der Waals surface area contributed by atoms with Gasteiger partial charge in [-0.2, -0.15) is 10.4 Å². The zero-order valence-corrected chi connectivity index (χ0v) is 23.9. The minimum Gasteiger partial charge on any atom is -0.488 e. The first-order valence-corrected chi connectivity index (χ1v) is 13.5. The zero-order chi connectivity index (χ0) is 29.9. The van der Waals surface area contributed by atoms with Crippen LogP contribution in [-0.2, 0) is 20.9 Å². The second-order valence-electron chi connectivity index (χ2n) is 9.01. The predicted octanol–water partition coefficient (Wildman–Crippen LogP) is 4.02. The van der Waals surface area contributed by atoms with Gasteiger partial charge in [0.05, 0.1) is 36.1 Å². The van der Waals surface area contributed by atoms with Gasteiger partial charge in [-0.1, -0.05) is 48.5 Å². The molecule has 0 spiro atoms. The number of hydrogen-bond acceptors (Lipinski definition) is 8. The molecule has 42 heavy (non-hydrogen) atoms. The average Bonchev–Trinajstić information content (AvgIpc) is 2.99. The normalized spacial score (nSPS) is 14.4. The van der Waals surface area contributed by atoms with E-state index >= 15 is 0 Å². The lowest BCUT2D eigenvalue weighted by atomic mass is 9.95. The number of thiocarbonyl (C=S) groups is 1. The Balaban J connectivity index is 1.40. The number of para-hydroxylation sites is 2. The number of carbonyl (C=O) groups excluding carboxylic acids is 2. The fourth-order valence-corrected chi connectivity index (χ4v) is 4.51. The van der Waals surface area contributed by atoms with Crippen LogP contribution in [0.25, 0.3) is 0 Å². The Hall–Kier alpha value is -5.21. The molecule has 0 aliphatic carbocycles. The van der Waals surface area contributed by atoms with Gasteiger partial charge >= 0.3 is 5.97 Å². The summed E-state index contributed by atoms with van der Waals surface area (Å²) in [5.41, 5.74) is 5.95. The molecule has 10 nitrogen and oxygen atoms in total. The maximum absolute atomic E-state index is 12.7. The van der Waals surface area contributed by atoms with Crippen molar-refractivity contribution in [1.29, 1.82) is 5.26 Å². The van der Waals surface area contributed by atoms with Gasteiger partial charge in [-0.3, -0.25) is 4.79 Å². The number of amides is 1. The Kier molecular flexibility index (Phi) is 10.2. The van der Waals surface area contributed by atoms with Gasteiger partial charge in [0, 0.05) is 22.4 Å². The maximum atomic E-state index is 12.7. The van der Waals surface area contributed by atoms with E-state index in [2.05, 4.69) is 27.2 Å². The highest BCUT2D eigenvalue weighted by Gasteiger charge is 2.32. The summed E-state index contributed by atoms with van der Waals surface area (Å²) in [6.07, 6.45) is 1.47. The van der Waals surface area contributed by atoms with Crippen molar-refractivity contribution in [3.05, 3.63) is 106 Å². The highest BCUT2D eigenvalue weighted by atomic mass is 32.1. The van der Waals surface area contributed by atoms with E-state index in [0.717, 1.165) is 5.56 Å². The molecule has 3 N–H and O–H groups in total. The van der Waals surface area contributed by atoms with Gasteiger partial charge in [0.1, 0.15) is 18.1 Å². The summed E-state index contributed by atoms with van der Waals surface area (Å²) in [6, 6.07) is 23.0. The summed E-state index contributed by atoms with van der Waals surface area (Å²) in [6.45, 7) is 3.58. The van der Waals surface area contributed by atoms with Crippen molar-refractivity contribution < 1.29 is 23.8 Å². The van der Waals surface area contributed by atoms with Crippen LogP contribution in [0, 0.1) is 11.3 Å². The Morgan fingerprint density at radius 2 is 1.76 bits per heavy atom. The fraction of sp³-hybridized carbons (Fsp3) is 0.194. The largest absolute Gasteiger partial charge is 0.488 e. The third-order valence-electron chi connectivity index (χ3n) is 6.19. The monoisotopic (exact) mass is 583 g/mol. The third kappa shape index (κ3) is 7.50. The fourth-order valence-electron chi connectivity index (χ4n) is 4.24. The molecule has 1 aliphatic rings. The molecule has 0 saturated carbocycles. The van der Waals surface area contributed by atoms with Crippen LogP contribution in [-0.4, -0.2) is 36.4 Å². The molecular formula is C31H29N5O5S. The number of benzene rings is 3. The molecule has 0 fully saturated rings. The first-order valence-electron chi connectivity index (χ1n) is 13.1. The van der Waals surface area contributed by atoms with Crippen molar-refractivity contribution >= 4 is 35.4 Å². The van der Waals surface area contributed by atoms with Crippen molar-refractivity contribution in [3.63, 3.8) is 0 Å². The summed E-state index contributed by atoms with van der Waals surface area (Å²) in [4.78, 5) is 25.3. The second-order valence-corrected chi connectivity index (χ2v) is 9.41. The summed E-state index contributed by atoms with van der Waals surface area (Å²) in [7, 11) is 0. The molecule has 0 radical (unpaired) electrons. The van der Waals surface area contributed by atoms with Crippen molar-refractivity contribution in [1.82, 2.24) is 16.1 Å². The minimum absolute atomic E-state index is 0.206. The first kappa shape index (κ1) is 29.8. The summed E-state index contributed by atoms with van der Waals surface area (Å²) in [5.74, 6) is -0.0390. The van der Waals surface area contributed by atoms with Crippen LogP contribution in [0.4, 0.5) is 0 Å². The van der Waals surface area contributed by atoms with Crippen LogP contribution in [0.3, 0.4) is 0 Å². The van der Waals surface area contributed by atoms with Gasteiger partial charge in [-0.15, -0.1) is 0 Å². The molecule has 0 bridgehead atoms. The lowest BCUT2D eigenvalue weighted by Crippen LogP contribution is -2.45. The van der Waals surface area contributed by atoms with Crippen LogP contribution in [0.1, 0.15) is 42.1 Å². The van der Waals surface area contributed by atoms with Crippen LogP contribution in [0.15, 0.2) is 89.2 Å². The quantitative estimate of drug-likeness (QED) is 0.132. The molecule has 3 aromatic rings. The third-order valence-corrected chi connectivity index (χ3v) is 6.41. The molecule has 0 unspecified atom stereocenters. The zero-order valence-electron chi connectivity index (χ0n) is 23.0. The Morgan fingerprint density at radius 3 is 2.55 bits per heavy atom. The van der Waals surface area contributed by atoms with Gasteiger partial charge in [-0.25, -0.2) is 10.2 Å². The number of nitrogens with one attached hydrogen (secondary N) is 3. The molecule has 3 aromatic carbocycles. The molecule has 1 amide bonds. The number of nitriles is 1. The highest BCUT2D eigenvalue weighted by Crippen LogP contribution is 2.33. The van der Waals surface area contributed by atoms with Gasteiger partial charge in [0.25, 0.3) is 5.91 Å². The number of nitrogens with zero attached hydrogens (tertiary/aromatic N) is 2.